The van der Waals surface area contributed by atoms with Crippen molar-refractivity contribution in [2.24, 2.45) is 0 Å². The van der Waals surface area contributed by atoms with Crippen LogP contribution < -0.4 is 10.6 Å². The fourth-order valence-corrected chi connectivity index (χ4v) is 3.66. The lowest BCUT2D eigenvalue weighted by Crippen LogP contribution is -2.44. The van der Waals surface area contributed by atoms with E-state index in [1.807, 2.05) is 6.20 Å². The predicted octanol–water partition coefficient (Wildman–Crippen LogP) is 2.80. The average Bonchev–Trinajstić information content (AvgIpc) is 3.01. The summed E-state index contributed by atoms with van der Waals surface area (Å²) in [7, 11) is 0. The maximum Gasteiger partial charge on any atom is 0.315 e. The third-order valence-corrected chi connectivity index (χ3v) is 5.05. The summed E-state index contributed by atoms with van der Waals surface area (Å²) in [4.78, 5) is 13.4. The van der Waals surface area contributed by atoms with Crippen LogP contribution in [0, 0.1) is 6.92 Å². The zero-order valence-corrected chi connectivity index (χ0v) is 14.3. The normalized spacial score (nSPS) is 16.7. The number of thioether (sulfide) groups is 1. The monoisotopic (exact) mass is 330 g/mol. The van der Waals surface area contributed by atoms with Crippen molar-refractivity contribution in [3.63, 3.8) is 0 Å². The van der Waals surface area contributed by atoms with Gasteiger partial charge in [-0.3, -0.25) is 5.10 Å². The Bertz CT molecular complexity index is 698. The number of rotatable bonds is 4. The zero-order valence-electron chi connectivity index (χ0n) is 13.5. The molecule has 3 rings (SSSR count). The van der Waals surface area contributed by atoms with Crippen LogP contribution in [0.15, 0.2) is 29.3 Å². The molecule has 1 aromatic heterocycles. The summed E-state index contributed by atoms with van der Waals surface area (Å²) in [6.45, 7) is 2.63. The van der Waals surface area contributed by atoms with Crippen LogP contribution in [0.4, 0.5) is 4.79 Å². The lowest BCUT2D eigenvalue weighted by molar-refractivity contribution is 0.235. The number of carbonyl (C=O) groups is 1. The van der Waals surface area contributed by atoms with Crippen LogP contribution >= 0.6 is 11.8 Å². The fourth-order valence-electron chi connectivity index (χ4n) is 2.95. The third kappa shape index (κ3) is 3.88. The summed E-state index contributed by atoms with van der Waals surface area (Å²) in [6.07, 6.45) is 6.65. The number of aryl methyl sites for hydroxylation is 2. The van der Waals surface area contributed by atoms with Crippen molar-refractivity contribution in [2.75, 3.05) is 6.26 Å². The number of amides is 2. The number of hydrogen-bond acceptors (Lipinski definition) is 3. The SMILES string of the molecule is CSc1cc(C)ccc1CNC(=O)NC1CCc2[nH]ncc2C1. The van der Waals surface area contributed by atoms with Gasteiger partial charge in [0, 0.05) is 23.2 Å². The minimum atomic E-state index is -0.102. The number of hydrogen-bond donors (Lipinski definition) is 3. The van der Waals surface area contributed by atoms with Crippen molar-refractivity contribution in [1.82, 2.24) is 20.8 Å². The molecule has 1 heterocycles. The molecule has 2 amide bonds. The molecule has 1 aliphatic rings. The molecule has 6 heteroatoms. The van der Waals surface area contributed by atoms with E-state index < -0.39 is 0 Å². The Morgan fingerprint density at radius 3 is 3.17 bits per heavy atom. The van der Waals surface area contributed by atoms with Gasteiger partial charge in [-0.2, -0.15) is 5.10 Å². The van der Waals surface area contributed by atoms with Gasteiger partial charge in [0.05, 0.1) is 6.20 Å². The molecule has 122 valence electrons. The number of carbonyl (C=O) groups excluding carboxylic acids is 1. The molecule has 23 heavy (non-hydrogen) atoms. The molecule has 0 bridgehead atoms. The number of fused-ring (bicyclic) bond motifs is 1. The highest BCUT2D eigenvalue weighted by atomic mass is 32.2. The number of benzene rings is 1. The third-order valence-electron chi connectivity index (χ3n) is 4.23. The Hall–Kier alpha value is -1.95. The quantitative estimate of drug-likeness (QED) is 0.755. The number of aromatic amines is 1. The number of H-pyrrole nitrogens is 1. The van der Waals surface area contributed by atoms with Gasteiger partial charge in [-0.1, -0.05) is 12.1 Å². The Kier molecular flexibility index (Phi) is 4.91. The van der Waals surface area contributed by atoms with Crippen molar-refractivity contribution in [3.8, 4) is 0 Å². The van der Waals surface area contributed by atoms with Crippen molar-refractivity contribution < 1.29 is 4.79 Å². The second kappa shape index (κ2) is 7.08. The maximum atomic E-state index is 12.1. The second-order valence-electron chi connectivity index (χ2n) is 5.96. The van der Waals surface area contributed by atoms with Crippen LogP contribution in [0.1, 0.15) is 28.8 Å². The smallest absolute Gasteiger partial charge is 0.315 e. The van der Waals surface area contributed by atoms with Gasteiger partial charge in [0.25, 0.3) is 0 Å². The molecule has 0 aliphatic heterocycles. The average molecular weight is 330 g/mol. The van der Waals surface area contributed by atoms with Gasteiger partial charge in [0.1, 0.15) is 0 Å². The summed E-state index contributed by atoms with van der Waals surface area (Å²) in [5.41, 5.74) is 4.80. The topological polar surface area (TPSA) is 69.8 Å². The van der Waals surface area contributed by atoms with Crippen LogP contribution in [0.2, 0.25) is 0 Å². The lowest BCUT2D eigenvalue weighted by atomic mass is 9.94. The lowest BCUT2D eigenvalue weighted by Gasteiger charge is -2.23. The Morgan fingerprint density at radius 1 is 1.48 bits per heavy atom. The van der Waals surface area contributed by atoms with Gasteiger partial charge in [-0.25, -0.2) is 4.79 Å². The molecule has 5 nitrogen and oxygen atoms in total. The Morgan fingerprint density at radius 2 is 2.35 bits per heavy atom. The van der Waals surface area contributed by atoms with Gasteiger partial charge in [-0.05, 0) is 55.2 Å². The van der Waals surface area contributed by atoms with Gasteiger partial charge in [-0.15, -0.1) is 11.8 Å². The maximum absolute atomic E-state index is 12.1. The van der Waals surface area contributed by atoms with Crippen molar-refractivity contribution in [2.45, 2.75) is 43.7 Å². The highest BCUT2D eigenvalue weighted by Gasteiger charge is 2.21. The summed E-state index contributed by atoms with van der Waals surface area (Å²) >= 11 is 1.71. The first-order chi connectivity index (χ1) is 11.2. The Labute approximate surface area is 140 Å². The van der Waals surface area contributed by atoms with Crippen LogP contribution in [0.5, 0.6) is 0 Å². The van der Waals surface area contributed by atoms with E-state index in [-0.39, 0.29) is 12.1 Å². The molecule has 2 aromatic rings. The molecule has 0 fully saturated rings. The standard InChI is InChI=1S/C17H22N4OS/c1-11-3-4-12(16(7-11)23-2)9-18-17(22)20-14-5-6-15-13(8-14)10-19-21-15/h3-4,7,10,14H,5-6,8-9H2,1-2H3,(H,19,21)(H2,18,20,22). The summed E-state index contributed by atoms with van der Waals surface area (Å²) < 4.78 is 0. The van der Waals surface area contributed by atoms with Gasteiger partial charge >= 0.3 is 6.03 Å². The van der Waals surface area contributed by atoms with Crippen LogP contribution in [0.3, 0.4) is 0 Å². The fraction of sp³-hybridized carbons (Fsp3) is 0.412. The van der Waals surface area contributed by atoms with E-state index in [1.54, 1.807) is 11.8 Å². The van der Waals surface area contributed by atoms with E-state index in [2.05, 4.69) is 52.2 Å². The molecule has 1 aromatic carbocycles. The molecule has 1 unspecified atom stereocenters. The number of urea groups is 1. The highest BCUT2D eigenvalue weighted by molar-refractivity contribution is 7.98. The highest BCUT2D eigenvalue weighted by Crippen LogP contribution is 2.22. The molecular weight excluding hydrogens is 308 g/mol. The van der Waals surface area contributed by atoms with Crippen molar-refractivity contribution >= 4 is 17.8 Å². The van der Waals surface area contributed by atoms with Crippen molar-refractivity contribution in [3.05, 3.63) is 46.8 Å². The van der Waals surface area contributed by atoms with Gasteiger partial charge < -0.3 is 10.6 Å². The summed E-state index contributed by atoms with van der Waals surface area (Å²) in [6, 6.07) is 6.39. The number of aromatic nitrogens is 2. The first kappa shape index (κ1) is 15.9. The zero-order chi connectivity index (χ0) is 16.2. The van der Waals surface area contributed by atoms with Crippen LogP contribution in [0.25, 0.3) is 0 Å². The minimum Gasteiger partial charge on any atom is -0.335 e. The van der Waals surface area contributed by atoms with E-state index >= 15 is 0 Å². The molecule has 3 N–H and O–H groups in total. The Balaban J connectivity index is 1.52. The van der Waals surface area contributed by atoms with E-state index in [1.165, 1.54) is 21.7 Å². The molecule has 1 atom stereocenters. The first-order valence-electron chi connectivity index (χ1n) is 7.84. The first-order valence-corrected chi connectivity index (χ1v) is 9.07. The van der Waals surface area contributed by atoms with Crippen LogP contribution in [-0.4, -0.2) is 28.5 Å². The molecule has 0 saturated heterocycles. The molecule has 0 spiro atoms. The van der Waals surface area contributed by atoms with E-state index in [9.17, 15) is 4.79 Å². The van der Waals surface area contributed by atoms with Gasteiger partial charge in [0.15, 0.2) is 0 Å². The summed E-state index contributed by atoms with van der Waals surface area (Å²) in [5.74, 6) is 0. The van der Waals surface area contributed by atoms with Crippen LogP contribution in [-0.2, 0) is 19.4 Å². The predicted molar refractivity (Wildman–Crippen MR) is 92.7 cm³/mol. The van der Waals surface area contributed by atoms with Gasteiger partial charge in [0.2, 0.25) is 0 Å². The van der Waals surface area contributed by atoms with E-state index in [4.69, 9.17) is 0 Å². The molecule has 0 saturated carbocycles. The van der Waals surface area contributed by atoms with E-state index in [0.717, 1.165) is 24.8 Å². The minimum absolute atomic E-state index is 0.102. The summed E-state index contributed by atoms with van der Waals surface area (Å²) in [5, 5.41) is 13.1. The van der Waals surface area contributed by atoms with Crippen molar-refractivity contribution in [1.29, 1.82) is 0 Å². The number of nitrogens with one attached hydrogen (secondary N) is 3. The second-order valence-corrected chi connectivity index (χ2v) is 6.80. The molecule has 0 radical (unpaired) electrons. The molecular formula is C17H22N4OS. The number of nitrogens with zero attached hydrogens (tertiary/aromatic N) is 1. The largest absolute Gasteiger partial charge is 0.335 e. The molecule has 1 aliphatic carbocycles. The van der Waals surface area contributed by atoms with E-state index in [0.29, 0.717) is 6.54 Å².